The van der Waals surface area contributed by atoms with Crippen molar-refractivity contribution in [1.29, 1.82) is 0 Å². The summed E-state index contributed by atoms with van der Waals surface area (Å²) >= 11 is 6.10. The minimum atomic E-state index is -0.498. The zero-order valence-electron chi connectivity index (χ0n) is 9.20. The fourth-order valence-electron chi connectivity index (χ4n) is 1.84. The zero-order valence-corrected chi connectivity index (χ0v) is 9.95. The Balaban J connectivity index is 2.70. The van der Waals surface area contributed by atoms with Crippen LogP contribution in [0.1, 0.15) is 17.4 Å². The zero-order chi connectivity index (χ0) is 11.9. The molecule has 0 aliphatic rings. The minimum absolute atomic E-state index is 0.0743. The van der Waals surface area contributed by atoms with Gasteiger partial charge in [-0.15, -0.1) is 0 Å². The fraction of sp³-hybridized carbons (Fsp3) is 0.250. The molecule has 16 heavy (non-hydrogen) atoms. The number of halogens is 1. The maximum atomic E-state index is 11.9. The Bertz CT molecular complexity index is 557. The van der Waals surface area contributed by atoms with Gasteiger partial charge >= 0.3 is 0 Å². The molecule has 0 aliphatic heterocycles. The van der Waals surface area contributed by atoms with E-state index in [0.29, 0.717) is 10.7 Å². The van der Waals surface area contributed by atoms with E-state index in [0.717, 1.165) is 10.9 Å². The van der Waals surface area contributed by atoms with Gasteiger partial charge in [-0.25, -0.2) is 0 Å². The predicted molar refractivity (Wildman–Crippen MR) is 65.9 cm³/mol. The highest BCUT2D eigenvalue weighted by Gasteiger charge is 2.17. The van der Waals surface area contributed by atoms with Gasteiger partial charge in [0.15, 0.2) is 5.78 Å². The van der Waals surface area contributed by atoms with Crippen LogP contribution in [0, 0.1) is 0 Å². The number of carbonyl (C=O) groups excluding carboxylic acids is 1. The summed E-state index contributed by atoms with van der Waals surface area (Å²) in [5.74, 6) is -0.0743. The summed E-state index contributed by atoms with van der Waals surface area (Å²) in [6, 6.07) is 6.93. The van der Waals surface area contributed by atoms with E-state index in [9.17, 15) is 4.79 Å². The molecule has 0 radical (unpaired) electrons. The van der Waals surface area contributed by atoms with Crippen LogP contribution in [0.2, 0.25) is 5.02 Å². The topological polar surface area (TPSA) is 48.0 Å². The van der Waals surface area contributed by atoms with E-state index in [1.165, 1.54) is 0 Å². The minimum Gasteiger partial charge on any atom is -0.340 e. The first-order valence-electron chi connectivity index (χ1n) is 5.06. The van der Waals surface area contributed by atoms with E-state index >= 15 is 0 Å². The molecule has 0 amide bonds. The van der Waals surface area contributed by atoms with Gasteiger partial charge in [-0.3, -0.25) is 4.79 Å². The standard InChI is InChI=1S/C12H13ClN2O/c1-7(14)12(16)10-6-8-4-3-5-9(13)11(8)15(10)2/h3-7H,14H2,1-2H3. The smallest absolute Gasteiger partial charge is 0.195 e. The van der Waals surface area contributed by atoms with Crippen molar-refractivity contribution in [3.63, 3.8) is 0 Å². The van der Waals surface area contributed by atoms with Crippen LogP contribution < -0.4 is 5.73 Å². The van der Waals surface area contributed by atoms with Crippen LogP contribution in [-0.2, 0) is 7.05 Å². The molecule has 4 heteroatoms. The third kappa shape index (κ3) is 1.62. The van der Waals surface area contributed by atoms with E-state index in [1.54, 1.807) is 11.5 Å². The monoisotopic (exact) mass is 236 g/mol. The van der Waals surface area contributed by atoms with E-state index in [-0.39, 0.29) is 5.78 Å². The first kappa shape index (κ1) is 11.2. The molecule has 2 aromatic rings. The lowest BCUT2D eigenvalue weighted by atomic mass is 10.1. The van der Waals surface area contributed by atoms with Gasteiger partial charge in [0.1, 0.15) is 0 Å². The summed E-state index contributed by atoms with van der Waals surface area (Å²) in [5.41, 5.74) is 7.07. The molecule has 1 atom stereocenters. The molecule has 0 bridgehead atoms. The highest BCUT2D eigenvalue weighted by atomic mass is 35.5. The third-order valence-corrected chi connectivity index (χ3v) is 2.98. The molecule has 3 nitrogen and oxygen atoms in total. The number of benzene rings is 1. The SMILES string of the molecule is CC(N)C(=O)c1cc2cccc(Cl)c2n1C. The molecule has 0 fully saturated rings. The highest BCUT2D eigenvalue weighted by molar-refractivity contribution is 6.35. The molecule has 0 saturated heterocycles. The van der Waals surface area contributed by atoms with Crippen LogP contribution in [-0.4, -0.2) is 16.4 Å². The van der Waals surface area contributed by atoms with Gasteiger partial charge < -0.3 is 10.3 Å². The summed E-state index contributed by atoms with van der Waals surface area (Å²) in [5, 5.41) is 1.60. The Morgan fingerprint density at radius 1 is 1.50 bits per heavy atom. The molecule has 84 valence electrons. The van der Waals surface area contributed by atoms with Crippen molar-refractivity contribution in [2.24, 2.45) is 12.8 Å². The number of nitrogens with two attached hydrogens (primary N) is 1. The Kier molecular flexibility index (Phi) is 2.74. The Morgan fingerprint density at radius 3 is 2.75 bits per heavy atom. The molecule has 1 aromatic heterocycles. The number of rotatable bonds is 2. The lowest BCUT2D eigenvalue weighted by molar-refractivity contribution is 0.0960. The normalized spacial score (nSPS) is 13.0. The van der Waals surface area contributed by atoms with E-state index in [1.807, 2.05) is 31.3 Å². The van der Waals surface area contributed by atoms with Crippen molar-refractivity contribution in [2.75, 3.05) is 0 Å². The van der Waals surface area contributed by atoms with Gasteiger partial charge in [0.2, 0.25) is 0 Å². The first-order valence-corrected chi connectivity index (χ1v) is 5.44. The van der Waals surface area contributed by atoms with E-state index < -0.39 is 6.04 Å². The number of carbonyl (C=O) groups is 1. The molecule has 0 aliphatic carbocycles. The van der Waals surface area contributed by atoms with Gasteiger partial charge in [0, 0.05) is 12.4 Å². The van der Waals surface area contributed by atoms with Crippen molar-refractivity contribution < 1.29 is 4.79 Å². The van der Waals surface area contributed by atoms with Gasteiger partial charge in [0.25, 0.3) is 0 Å². The Labute approximate surface area is 98.8 Å². The van der Waals surface area contributed by atoms with Crippen molar-refractivity contribution in [1.82, 2.24) is 4.57 Å². The highest BCUT2D eigenvalue weighted by Crippen LogP contribution is 2.26. The lowest BCUT2D eigenvalue weighted by Gasteiger charge is -2.06. The molecule has 1 heterocycles. The van der Waals surface area contributed by atoms with Crippen molar-refractivity contribution in [2.45, 2.75) is 13.0 Å². The number of aryl methyl sites for hydroxylation is 1. The molecular weight excluding hydrogens is 224 g/mol. The van der Waals surface area contributed by atoms with Crippen LogP contribution >= 0.6 is 11.6 Å². The Morgan fingerprint density at radius 2 is 2.19 bits per heavy atom. The molecule has 0 saturated carbocycles. The van der Waals surface area contributed by atoms with Gasteiger partial charge in [-0.1, -0.05) is 23.7 Å². The maximum absolute atomic E-state index is 11.9. The summed E-state index contributed by atoms with van der Waals surface area (Å²) < 4.78 is 1.80. The maximum Gasteiger partial charge on any atom is 0.195 e. The molecule has 0 spiro atoms. The number of para-hydroxylation sites is 1. The van der Waals surface area contributed by atoms with Crippen LogP contribution in [0.4, 0.5) is 0 Å². The number of hydrogen-bond donors (Lipinski definition) is 1. The second-order valence-corrected chi connectivity index (χ2v) is 4.33. The largest absolute Gasteiger partial charge is 0.340 e. The summed E-state index contributed by atoms with van der Waals surface area (Å²) in [7, 11) is 1.82. The fourth-order valence-corrected chi connectivity index (χ4v) is 2.15. The van der Waals surface area contributed by atoms with E-state index in [4.69, 9.17) is 17.3 Å². The van der Waals surface area contributed by atoms with Gasteiger partial charge in [0.05, 0.1) is 22.3 Å². The summed E-state index contributed by atoms with van der Waals surface area (Å²) in [6.07, 6.45) is 0. The predicted octanol–water partition coefficient (Wildman–Crippen LogP) is 2.36. The quantitative estimate of drug-likeness (QED) is 0.814. The van der Waals surface area contributed by atoms with Crippen LogP contribution in [0.15, 0.2) is 24.3 Å². The molecule has 1 aromatic carbocycles. The molecule has 1 unspecified atom stereocenters. The number of nitrogens with zero attached hydrogens (tertiary/aromatic N) is 1. The van der Waals surface area contributed by atoms with E-state index in [2.05, 4.69) is 0 Å². The van der Waals surface area contributed by atoms with Crippen LogP contribution in [0.25, 0.3) is 10.9 Å². The van der Waals surface area contributed by atoms with Crippen LogP contribution in [0.5, 0.6) is 0 Å². The lowest BCUT2D eigenvalue weighted by Crippen LogP contribution is -2.28. The number of aromatic nitrogens is 1. The van der Waals surface area contributed by atoms with Crippen LogP contribution in [0.3, 0.4) is 0 Å². The second-order valence-electron chi connectivity index (χ2n) is 3.92. The number of fused-ring (bicyclic) bond motifs is 1. The summed E-state index contributed by atoms with van der Waals surface area (Å²) in [6.45, 7) is 1.68. The van der Waals surface area contributed by atoms with Gasteiger partial charge in [-0.05, 0) is 19.1 Å². The number of Topliss-reactive ketones (excluding diaryl/α,β-unsaturated/α-hetero) is 1. The van der Waals surface area contributed by atoms with Crippen molar-refractivity contribution in [3.8, 4) is 0 Å². The molecule has 2 N–H and O–H groups in total. The second kappa shape index (κ2) is 3.92. The van der Waals surface area contributed by atoms with Gasteiger partial charge in [-0.2, -0.15) is 0 Å². The number of ketones is 1. The van der Waals surface area contributed by atoms with Crippen molar-refractivity contribution in [3.05, 3.63) is 35.0 Å². The first-order chi connectivity index (χ1) is 7.52. The van der Waals surface area contributed by atoms with Crippen molar-refractivity contribution >= 4 is 28.3 Å². The third-order valence-electron chi connectivity index (χ3n) is 2.67. The average molecular weight is 237 g/mol. The Hall–Kier alpha value is -1.32. The molecule has 2 rings (SSSR count). The molecular formula is C12H13ClN2O. The number of hydrogen-bond acceptors (Lipinski definition) is 2. The average Bonchev–Trinajstić information content (AvgIpc) is 2.56. The summed E-state index contributed by atoms with van der Waals surface area (Å²) in [4.78, 5) is 11.9.